The molecule has 6 heteroatoms. The quantitative estimate of drug-likeness (QED) is 0.866. The van der Waals surface area contributed by atoms with Crippen molar-refractivity contribution >= 4 is 16.5 Å². The number of nitrogens with one attached hydrogen (secondary N) is 1. The van der Waals surface area contributed by atoms with E-state index in [0.29, 0.717) is 0 Å². The molecule has 0 aromatic carbocycles. The van der Waals surface area contributed by atoms with Gasteiger partial charge in [0.2, 0.25) is 5.13 Å². The van der Waals surface area contributed by atoms with E-state index in [1.165, 1.54) is 11.3 Å². The van der Waals surface area contributed by atoms with E-state index in [1.54, 1.807) is 5.51 Å². The lowest BCUT2D eigenvalue weighted by Crippen LogP contribution is -2.08. The molecular weight excluding hydrogens is 212 g/mol. The van der Waals surface area contributed by atoms with E-state index in [1.807, 2.05) is 20.8 Å². The fourth-order valence-corrected chi connectivity index (χ4v) is 2.13. The fraction of sp³-hybridized carbons (Fsp3) is 0.444. The number of rotatable bonds is 3. The molecule has 0 aliphatic heterocycles. The molecule has 80 valence electrons. The SMILES string of the molecule is Cc1noc(C)c1C(C)Nc1nncs1. The van der Waals surface area contributed by atoms with E-state index >= 15 is 0 Å². The molecule has 2 rings (SSSR count). The highest BCUT2D eigenvalue weighted by Gasteiger charge is 2.16. The average molecular weight is 224 g/mol. The minimum Gasteiger partial charge on any atom is -0.361 e. The summed E-state index contributed by atoms with van der Waals surface area (Å²) >= 11 is 1.48. The highest BCUT2D eigenvalue weighted by atomic mass is 32.1. The largest absolute Gasteiger partial charge is 0.361 e. The van der Waals surface area contributed by atoms with Crippen LogP contribution in [0.2, 0.25) is 0 Å². The molecule has 1 atom stereocenters. The van der Waals surface area contributed by atoms with Crippen molar-refractivity contribution in [1.82, 2.24) is 15.4 Å². The number of hydrogen-bond acceptors (Lipinski definition) is 6. The first-order valence-corrected chi connectivity index (χ1v) is 5.52. The van der Waals surface area contributed by atoms with Crippen LogP contribution in [0.15, 0.2) is 10.0 Å². The minimum absolute atomic E-state index is 0.129. The average Bonchev–Trinajstić information content (AvgIpc) is 2.77. The summed E-state index contributed by atoms with van der Waals surface area (Å²) in [7, 11) is 0. The Hall–Kier alpha value is -1.43. The molecule has 5 nitrogen and oxygen atoms in total. The molecular formula is C9H12N4OS. The number of anilines is 1. The lowest BCUT2D eigenvalue weighted by atomic mass is 10.1. The van der Waals surface area contributed by atoms with Crippen molar-refractivity contribution in [1.29, 1.82) is 0 Å². The summed E-state index contributed by atoms with van der Waals surface area (Å²) in [5, 5.41) is 15.7. The second-order valence-electron chi connectivity index (χ2n) is 3.35. The van der Waals surface area contributed by atoms with Gasteiger partial charge in [0.25, 0.3) is 0 Å². The normalized spacial score (nSPS) is 12.7. The van der Waals surface area contributed by atoms with E-state index in [9.17, 15) is 0 Å². The van der Waals surface area contributed by atoms with Gasteiger partial charge in [0, 0.05) is 5.56 Å². The van der Waals surface area contributed by atoms with Gasteiger partial charge in [-0.3, -0.25) is 0 Å². The van der Waals surface area contributed by atoms with Gasteiger partial charge in [-0.15, -0.1) is 10.2 Å². The topological polar surface area (TPSA) is 63.8 Å². The highest BCUT2D eigenvalue weighted by Crippen LogP contribution is 2.25. The number of hydrogen-bond donors (Lipinski definition) is 1. The Labute approximate surface area is 91.5 Å². The summed E-state index contributed by atoms with van der Waals surface area (Å²) in [4.78, 5) is 0. The summed E-state index contributed by atoms with van der Waals surface area (Å²) in [6, 6.07) is 0.129. The molecule has 0 radical (unpaired) electrons. The molecule has 1 N–H and O–H groups in total. The molecule has 0 fully saturated rings. The van der Waals surface area contributed by atoms with Crippen LogP contribution >= 0.6 is 11.3 Å². The summed E-state index contributed by atoms with van der Waals surface area (Å²) in [5.41, 5.74) is 3.70. The number of aromatic nitrogens is 3. The summed E-state index contributed by atoms with van der Waals surface area (Å²) in [6.45, 7) is 5.89. The van der Waals surface area contributed by atoms with Crippen LogP contribution in [0.5, 0.6) is 0 Å². The molecule has 0 spiro atoms. The Kier molecular flexibility index (Phi) is 2.68. The molecule has 1 unspecified atom stereocenters. The summed E-state index contributed by atoms with van der Waals surface area (Å²) in [6.07, 6.45) is 0. The van der Waals surface area contributed by atoms with E-state index in [2.05, 4.69) is 20.7 Å². The van der Waals surface area contributed by atoms with Crippen LogP contribution in [0.3, 0.4) is 0 Å². The van der Waals surface area contributed by atoms with Crippen molar-refractivity contribution in [2.24, 2.45) is 0 Å². The Morgan fingerprint density at radius 3 is 2.80 bits per heavy atom. The van der Waals surface area contributed by atoms with Crippen LogP contribution < -0.4 is 5.32 Å². The molecule has 2 aromatic heterocycles. The van der Waals surface area contributed by atoms with E-state index < -0.39 is 0 Å². The minimum atomic E-state index is 0.129. The first-order chi connectivity index (χ1) is 7.18. The molecule has 0 aliphatic rings. The Balaban J connectivity index is 2.18. The van der Waals surface area contributed by atoms with E-state index in [4.69, 9.17) is 4.52 Å². The zero-order chi connectivity index (χ0) is 10.8. The van der Waals surface area contributed by atoms with Gasteiger partial charge < -0.3 is 9.84 Å². The van der Waals surface area contributed by atoms with Gasteiger partial charge in [-0.1, -0.05) is 16.5 Å². The standard InChI is InChI=1S/C9H12N4OS/c1-5(11-9-12-10-4-15-9)8-6(2)13-14-7(8)3/h4-5H,1-3H3,(H,11,12). The lowest BCUT2D eigenvalue weighted by Gasteiger charge is -2.11. The van der Waals surface area contributed by atoms with Gasteiger partial charge in [0.05, 0.1) is 11.7 Å². The molecule has 0 aliphatic carbocycles. The van der Waals surface area contributed by atoms with Crippen LogP contribution in [-0.2, 0) is 0 Å². The third-order valence-corrected chi connectivity index (χ3v) is 2.84. The summed E-state index contributed by atoms with van der Waals surface area (Å²) < 4.78 is 5.11. The third-order valence-electron chi connectivity index (χ3n) is 2.22. The highest BCUT2D eigenvalue weighted by molar-refractivity contribution is 7.13. The molecule has 15 heavy (non-hydrogen) atoms. The lowest BCUT2D eigenvalue weighted by molar-refractivity contribution is 0.392. The molecule has 0 saturated heterocycles. The van der Waals surface area contributed by atoms with Gasteiger partial charge in [-0.25, -0.2) is 0 Å². The zero-order valence-corrected chi connectivity index (χ0v) is 9.63. The number of aryl methyl sites for hydroxylation is 2. The van der Waals surface area contributed by atoms with Crippen LogP contribution in [0.25, 0.3) is 0 Å². The Morgan fingerprint density at radius 2 is 2.27 bits per heavy atom. The zero-order valence-electron chi connectivity index (χ0n) is 8.81. The Morgan fingerprint density at radius 1 is 1.47 bits per heavy atom. The van der Waals surface area contributed by atoms with Crippen LogP contribution in [-0.4, -0.2) is 15.4 Å². The number of nitrogens with zero attached hydrogens (tertiary/aromatic N) is 3. The molecule has 2 heterocycles. The van der Waals surface area contributed by atoms with Crippen molar-refractivity contribution in [3.05, 3.63) is 22.5 Å². The Bertz CT molecular complexity index is 417. The van der Waals surface area contributed by atoms with Crippen LogP contribution in [0.4, 0.5) is 5.13 Å². The maximum atomic E-state index is 5.11. The second-order valence-corrected chi connectivity index (χ2v) is 4.18. The fourth-order valence-electron chi connectivity index (χ4n) is 1.60. The molecule has 0 saturated carbocycles. The van der Waals surface area contributed by atoms with Crippen molar-refractivity contribution < 1.29 is 4.52 Å². The van der Waals surface area contributed by atoms with Gasteiger partial charge in [0.1, 0.15) is 11.3 Å². The maximum Gasteiger partial charge on any atom is 0.205 e. The van der Waals surface area contributed by atoms with Gasteiger partial charge in [-0.2, -0.15) is 0 Å². The molecule has 0 amide bonds. The third kappa shape index (κ3) is 1.99. The van der Waals surface area contributed by atoms with Crippen LogP contribution in [0, 0.1) is 13.8 Å². The first-order valence-electron chi connectivity index (χ1n) is 4.64. The van der Waals surface area contributed by atoms with Crippen molar-refractivity contribution in [3.8, 4) is 0 Å². The second kappa shape index (κ2) is 3.98. The predicted molar refractivity (Wildman–Crippen MR) is 57.9 cm³/mol. The van der Waals surface area contributed by atoms with Gasteiger partial charge in [-0.05, 0) is 20.8 Å². The van der Waals surface area contributed by atoms with E-state index in [-0.39, 0.29) is 6.04 Å². The summed E-state index contributed by atoms with van der Waals surface area (Å²) in [5.74, 6) is 0.844. The monoisotopic (exact) mass is 224 g/mol. The van der Waals surface area contributed by atoms with Gasteiger partial charge >= 0.3 is 0 Å². The first kappa shape index (κ1) is 10.1. The van der Waals surface area contributed by atoms with Crippen molar-refractivity contribution in [2.75, 3.05) is 5.32 Å². The van der Waals surface area contributed by atoms with Crippen molar-refractivity contribution in [2.45, 2.75) is 26.8 Å². The van der Waals surface area contributed by atoms with Gasteiger partial charge in [0.15, 0.2) is 0 Å². The smallest absolute Gasteiger partial charge is 0.205 e. The van der Waals surface area contributed by atoms with Crippen molar-refractivity contribution in [3.63, 3.8) is 0 Å². The molecule has 2 aromatic rings. The maximum absolute atomic E-state index is 5.11. The predicted octanol–water partition coefficient (Wildman–Crippen LogP) is 2.32. The molecule has 0 bridgehead atoms. The van der Waals surface area contributed by atoms with Crippen LogP contribution in [0.1, 0.15) is 30.0 Å². The van der Waals surface area contributed by atoms with E-state index in [0.717, 1.165) is 22.1 Å².